The zero-order valence-corrected chi connectivity index (χ0v) is 25.0. The van der Waals surface area contributed by atoms with Gasteiger partial charge in [-0.15, -0.1) is 6.42 Å². The van der Waals surface area contributed by atoms with Gasteiger partial charge in [-0.3, -0.25) is 14.6 Å². The number of methoxy groups -OCH3 is 1. The van der Waals surface area contributed by atoms with Crippen LogP contribution in [0.4, 0.5) is 4.79 Å². The number of phosphoric ester groups is 1. The van der Waals surface area contributed by atoms with Crippen LogP contribution in [0.25, 0.3) is 6.08 Å². The summed E-state index contributed by atoms with van der Waals surface area (Å²) in [6.07, 6.45) is 8.08. The van der Waals surface area contributed by atoms with E-state index in [0.29, 0.717) is 11.6 Å². The van der Waals surface area contributed by atoms with Crippen LogP contribution in [0.15, 0.2) is 35.3 Å². The Labute approximate surface area is 248 Å². The molecule has 35 heavy (non-hydrogen) atoms. The number of hydrogen-bond acceptors (Lipinski definition) is 9. The van der Waals surface area contributed by atoms with Gasteiger partial charge in [-0.2, -0.15) is 0 Å². The summed E-state index contributed by atoms with van der Waals surface area (Å²) >= 11 is 0. The van der Waals surface area contributed by atoms with E-state index >= 15 is 0 Å². The third-order valence-corrected chi connectivity index (χ3v) is 5.70. The number of imide groups is 1. The number of hydrogen-bond donors (Lipinski definition) is 0. The number of benzene rings is 1. The smallest absolute Gasteiger partial charge is 0.790 e. The van der Waals surface area contributed by atoms with Crippen molar-refractivity contribution in [1.29, 1.82) is 0 Å². The SMILES string of the molecule is C#CCN1C(=O)C2C(N=C(C=Cc3cccc(OC)c3)N2C)N(CCCOP(=O)([O-])[O-])C1=O.[Na+].[Na+]. The first-order valence-corrected chi connectivity index (χ1v) is 11.5. The molecule has 14 heteroatoms. The molecule has 1 aromatic carbocycles. The van der Waals surface area contributed by atoms with Crippen molar-refractivity contribution in [2.75, 3.05) is 33.9 Å². The molecule has 0 aliphatic carbocycles. The number of fused-ring (bicyclic) bond motifs is 1. The van der Waals surface area contributed by atoms with Crippen molar-refractivity contribution in [2.24, 2.45) is 4.99 Å². The first-order valence-electron chi connectivity index (χ1n) is 10.0. The van der Waals surface area contributed by atoms with Crippen molar-refractivity contribution in [1.82, 2.24) is 14.7 Å². The van der Waals surface area contributed by atoms with E-state index in [4.69, 9.17) is 11.2 Å². The maximum Gasteiger partial charge on any atom is 1.00 e. The first kappa shape index (κ1) is 31.9. The zero-order chi connectivity index (χ0) is 24.2. The second-order valence-corrected chi connectivity index (χ2v) is 8.46. The maximum atomic E-state index is 13.0. The normalized spacial score (nSPS) is 19.6. The summed E-state index contributed by atoms with van der Waals surface area (Å²) in [6.45, 7) is -0.595. The molecule has 0 N–H and O–H groups in total. The standard InChI is InChI=1S/C21H25N4O7P.2Na/c1-4-11-25-20(26)18-19(24(21(25)27)12-6-13-32-33(28,29)30)22-17(23(18)2)10-9-15-7-5-8-16(14-15)31-3;;/h1,5,7-10,14,18-19H,6,11-13H2,2-3H3,(H2,28,29,30);;/q;2*+1/p-2. The summed E-state index contributed by atoms with van der Waals surface area (Å²) < 4.78 is 20.1. The second kappa shape index (κ2) is 14.0. The quantitative estimate of drug-likeness (QED) is 0.136. The fraction of sp³-hybridized carbons (Fsp3) is 0.381. The van der Waals surface area contributed by atoms with Crippen LogP contribution in [0, 0.1) is 12.3 Å². The van der Waals surface area contributed by atoms with Gasteiger partial charge in [0.2, 0.25) is 0 Å². The van der Waals surface area contributed by atoms with E-state index in [1.807, 2.05) is 24.3 Å². The van der Waals surface area contributed by atoms with Crippen LogP contribution < -0.4 is 73.6 Å². The van der Waals surface area contributed by atoms with Crippen LogP contribution in [-0.2, 0) is 13.9 Å². The molecule has 2 unspecified atom stereocenters. The Morgan fingerprint density at radius 3 is 2.60 bits per heavy atom. The fourth-order valence-corrected chi connectivity index (χ4v) is 4.00. The van der Waals surface area contributed by atoms with Gasteiger partial charge in [0.1, 0.15) is 11.6 Å². The van der Waals surface area contributed by atoms with Crippen LogP contribution in [0.1, 0.15) is 12.0 Å². The molecule has 0 radical (unpaired) electrons. The average Bonchev–Trinajstić information content (AvgIpc) is 3.10. The Kier molecular flexibility index (Phi) is 12.7. The number of amidine groups is 1. The van der Waals surface area contributed by atoms with Crippen molar-refractivity contribution < 1.29 is 92.3 Å². The largest absolute Gasteiger partial charge is 1.00 e. The molecule has 2 atom stereocenters. The number of urea groups is 1. The van der Waals surface area contributed by atoms with Gasteiger partial charge in [0.25, 0.3) is 5.91 Å². The molecule has 2 heterocycles. The summed E-state index contributed by atoms with van der Waals surface area (Å²) in [7, 11) is -1.86. The molecule has 2 aliphatic heterocycles. The monoisotopic (exact) mass is 520 g/mol. The van der Waals surface area contributed by atoms with E-state index in [0.717, 1.165) is 10.5 Å². The molecule has 1 fully saturated rings. The molecule has 11 nitrogen and oxygen atoms in total. The number of rotatable bonds is 9. The van der Waals surface area contributed by atoms with Gasteiger partial charge in [-0.05, 0) is 30.2 Å². The summed E-state index contributed by atoms with van der Waals surface area (Å²) in [5.74, 6) is 2.99. The molecule has 3 rings (SSSR count). The van der Waals surface area contributed by atoms with Gasteiger partial charge in [0.05, 0.1) is 28.1 Å². The van der Waals surface area contributed by atoms with Gasteiger partial charge in [-0.25, -0.2) is 9.79 Å². The molecule has 0 spiro atoms. The minimum Gasteiger partial charge on any atom is -0.790 e. The van der Waals surface area contributed by atoms with Gasteiger partial charge in [0.15, 0.2) is 12.2 Å². The average molecular weight is 520 g/mol. The fourth-order valence-electron chi connectivity index (χ4n) is 3.65. The third kappa shape index (κ3) is 7.91. The maximum absolute atomic E-state index is 13.0. The molecule has 3 amide bonds. The van der Waals surface area contributed by atoms with E-state index in [9.17, 15) is 23.9 Å². The molecule has 0 bridgehead atoms. The van der Waals surface area contributed by atoms with E-state index in [1.54, 1.807) is 31.2 Å². The molecule has 1 saturated heterocycles. The summed E-state index contributed by atoms with van der Waals surface area (Å²) in [5, 5.41) is 0. The van der Waals surface area contributed by atoms with E-state index < -0.39 is 38.6 Å². The minimum atomic E-state index is -5.12. The number of ether oxygens (including phenoxy) is 1. The van der Waals surface area contributed by atoms with Crippen LogP contribution in [0.2, 0.25) is 0 Å². The number of nitrogens with zero attached hydrogens (tertiary/aromatic N) is 4. The van der Waals surface area contributed by atoms with Crippen molar-refractivity contribution in [2.45, 2.75) is 18.6 Å². The van der Waals surface area contributed by atoms with Crippen LogP contribution in [0.5, 0.6) is 5.75 Å². The topological polar surface area (TPSA) is 138 Å². The summed E-state index contributed by atoms with van der Waals surface area (Å²) in [6, 6.07) is 5.93. The molecular weight excluding hydrogens is 497 g/mol. The van der Waals surface area contributed by atoms with Crippen LogP contribution in [-0.4, -0.2) is 78.5 Å². The predicted octanol–water partition coefficient (Wildman–Crippen LogP) is -6.11. The van der Waals surface area contributed by atoms with E-state index in [1.165, 1.54) is 4.90 Å². The summed E-state index contributed by atoms with van der Waals surface area (Å²) in [4.78, 5) is 55.8. The van der Waals surface area contributed by atoms with Crippen LogP contribution in [0.3, 0.4) is 0 Å². The Morgan fingerprint density at radius 2 is 1.97 bits per heavy atom. The van der Waals surface area contributed by atoms with Gasteiger partial charge in [-0.1, -0.05) is 24.1 Å². The molecule has 0 aromatic heterocycles. The van der Waals surface area contributed by atoms with Crippen molar-refractivity contribution in [3.63, 3.8) is 0 Å². The molecular formula is C21H23N4Na2O7P. The van der Waals surface area contributed by atoms with Gasteiger partial charge >= 0.3 is 65.1 Å². The van der Waals surface area contributed by atoms with Crippen molar-refractivity contribution in [3.05, 3.63) is 35.9 Å². The van der Waals surface area contributed by atoms with E-state index in [2.05, 4.69) is 15.4 Å². The number of phosphoric acid groups is 1. The molecule has 1 aromatic rings. The summed E-state index contributed by atoms with van der Waals surface area (Å²) in [5.41, 5.74) is 0.852. The minimum absolute atomic E-state index is 0. The Morgan fingerprint density at radius 1 is 1.26 bits per heavy atom. The molecule has 0 saturated carbocycles. The number of carbonyl (C=O) groups is 2. The second-order valence-electron chi connectivity index (χ2n) is 7.31. The van der Waals surface area contributed by atoms with Crippen molar-refractivity contribution >= 4 is 31.7 Å². The molecule has 2 aliphatic rings. The van der Waals surface area contributed by atoms with Crippen LogP contribution >= 0.6 is 7.82 Å². The third-order valence-electron chi connectivity index (χ3n) is 5.20. The number of likely N-dealkylation sites (N-methyl/N-ethyl adjacent to an activating group) is 1. The van der Waals surface area contributed by atoms with Gasteiger partial charge in [0, 0.05) is 13.6 Å². The number of terminal acetylenes is 1. The van der Waals surface area contributed by atoms with Gasteiger partial charge < -0.3 is 28.5 Å². The Balaban J connectivity index is 0.00000306. The number of aliphatic imine (C=N–C) groups is 1. The zero-order valence-electron chi connectivity index (χ0n) is 20.1. The van der Waals surface area contributed by atoms with Crippen molar-refractivity contribution in [3.8, 4) is 18.1 Å². The first-order chi connectivity index (χ1) is 15.7. The number of carbonyl (C=O) groups excluding carboxylic acids is 2. The Bertz CT molecular complexity index is 1070. The van der Waals surface area contributed by atoms with E-state index in [-0.39, 0.29) is 78.6 Å². The Hall–Kier alpha value is -1.16. The number of amides is 3. The predicted molar refractivity (Wildman–Crippen MR) is 116 cm³/mol. The molecule has 176 valence electrons.